The number of thioether (sulfide) groups is 1. The predicted octanol–water partition coefficient (Wildman–Crippen LogP) is 3.44. The average Bonchev–Trinajstić information content (AvgIpc) is 2.97. The van der Waals surface area contributed by atoms with Gasteiger partial charge in [-0.05, 0) is 63.7 Å². The van der Waals surface area contributed by atoms with Crippen LogP contribution in [0.15, 0.2) is 28.1 Å². The Morgan fingerprint density at radius 3 is 2.76 bits per heavy atom. The third kappa shape index (κ3) is 5.09. The van der Waals surface area contributed by atoms with Crippen molar-refractivity contribution in [3.8, 4) is 5.75 Å². The summed E-state index contributed by atoms with van der Waals surface area (Å²) in [4.78, 5) is 32.6. The molecule has 2 heterocycles. The number of phenolic OH excluding ortho intramolecular Hbond substituents is 1. The van der Waals surface area contributed by atoms with E-state index in [1.807, 2.05) is 32.6 Å². The lowest BCUT2D eigenvalue weighted by Crippen LogP contribution is -2.55. The number of nitrogens with zero attached hydrogens (tertiary/aromatic N) is 3. The van der Waals surface area contributed by atoms with Crippen LogP contribution in [-0.4, -0.2) is 63.4 Å². The Labute approximate surface area is 173 Å². The Morgan fingerprint density at radius 2 is 2.10 bits per heavy atom. The molecule has 0 bridgehead atoms. The molecule has 9 heteroatoms. The largest absolute Gasteiger partial charge is 0.507 e. The second kappa shape index (κ2) is 8.06. The summed E-state index contributed by atoms with van der Waals surface area (Å²) >= 11 is 1.18. The van der Waals surface area contributed by atoms with E-state index in [-0.39, 0.29) is 23.4 Å². The van der Waals surface area contributed by atoms with Crippen molar-refractivity contribution in [2.45, 2.75) is 39.3 Å². The number of halogens is 1. The molecule has 0 aromatic heterocycles. The SMILES string of the molecule is C[C@H]1CN(C(=O)OC(C)(C)C)CCN1C1=NC(=O)C(=Cc2cc(F)ccc2O)S1. The zero-order valence-corrected chi connectivity index (χ0v) is 17.6. The maximum atomic E-state index is 13.4. The van der Waals surface area contributed by atoms with Gasteiger partial charge in [-0.15, -0.1) is 0 Å². The third-order valence-electron chi connectivity index (χ3n) is 4.41. The predicted molar refractivity (Wildman–Crippen MR) is 110 cm³/mol. The van der Waals surface area contributed by atoms with E-state index < -0.39 is 17.3 Å². The van der Waals surface area contributed by atoms with Crippen LogP contribution in [0, 0.1) is 5.82 Å². The molecule has 2 amide bonds. The van der Waals surface area contributed by atoms with Crippen LogP contribution in [0.1, 0.15) is 33.3 Å². The minimum Gasteiger partial charge on any atom is -0.507 e. The number of aromatic hydroxyl groups is 1. The van der Waals surface area contributed by atoms with Crippen molar-refractivity contribution in [1.29, 1.82) is 0 Å². The maximum absolute atomic E-state index is 13.4. The lowest BCUT2D eigenvalue weighted by molar-refractivity contribution is -0.113. The molecule has 0 spiro atoms. The molecule has 1 fully saturated rings. The molecule has 2 aliphatic rings. The van der Waals surface area contributed by atoms with Gasteiger partial charge in [-0.25, -0.2) is 9.18 Å². The molecule has 1 aromatic carbocycles. The van der Waals surface area contributed by atoms with Gasteiger partial charge in [-0.1, -0.05) is 0 Å². The lowest BCUT2D eigenvalue weighted by atomic mass is 10.2. The first-order chi connectivity index (χ1) is 13.5. The summed E-state index contributed by atoms with van der Waals surface area (Å²) in [7, 11) is 0. The number of piperazine rings is 1. The van der Waals surface area contributed by atoms with Gasteiger partial charge in [0.25, 0.3) is 5.91 Å². The fraction of sp³-hybridized carbons (Fsp3) is 0.450. The average molecular weight is 421 g/mol. The van der Waals surface area contributed by atoms with Crippen LogP contribution in [0.4, 0.5) is 9.18 Å². The van der Waals surface area contributed by atoms with Crippen molar-refractivity contribution in [2.75, 3.05) is 19.6 Å². The number of amides is 2. The molecule has 0 radical (unpaired) electrons. The van der Waals surface area contributed by atoms with Crippen LogP contribution >= 0.6 is 11.8 Å². The normalized spacial score (nSPS) is 21.6. The number of amidine groups is 1. The highest BCUT2D eigenvalue weighted by Crippen LogP contribution is 2.33. The third-order valence-corrected chi connectivity index (χ3v) is 5.43. The summed E-state index contributed by atoms with van der Waals surface area (Å²) in [6, 6.07) is 3.49. The number of carbonyl (C=O) groups is 2. The van der Waals surface area contributed by atoms with Crippen molar-refractivity contribution in [3.05, 3.63) is 34.5 Å². The van der Waals surface area contributed by atoms with E-state index in [1.165, 1.54) is 23.9 Å². The zero-order valence-electron chi connectivity index (χ0n) is 16.8. The van der Waals surface area contributed by atoms with Crippen molar-refractivity contribution >= 4 is 35.0 Å². The van der Waals surface area contributed by atoms with E-state index in [9.17, 15) is 19.1 Å². The van der Waals surface area contributed by atoms with Crippen LogP contribution in [0.2, 0.25) is 0 Å². The molecule has 1 atom stereocenters. The minimum atomic E-state index is -0.558. The molecular weight excluding hydrogens is 397 g/mol. The fourth-order valence-electron chi connectivity index (χ4n) is 3.04. The number of carbonyl (C=O) groups excluding carboxylic acids is 2. The second-order valence-electron chi connectivity index (χ2n) is 7.98. The number of hydrogen-bond donors (Lipinski definition) is 1. The van der Waals surface area contributed by atoms with Crippen LogP contribution in [-0.2, 0) is 9.53 Å². The van der Waals surface area contributed by atoms with Crippen molar-refractivity contribution in [3.63, 3.8) is 0 Å². The summed E-state index contributed by atoms with van der Waals surface area (Å²) in [6.07, 6.45) is 1.08. The van der Waals surface area contributed by atoms with Gasteiger partial charge in [0, 0.05) is 31.2 Å². The first kappa shape index (κ1) is 21.2. The Hall–Kier alpha value is -2.55. The molecule has 1 saturated heterocycles. The number of aliphatic imine (C=N–C) groups is 1. The highest BCUT2D eigenvalue weighted by molar-refractivity contribution is 8.18. The van der Waals surface area contributed by atoms with E-state index >= 15 is 0 Å². The van der Waals surface area contributed by atoms with Gasteiger partial charge in [0.05, 0.1) is 4.91 Å². The van der Waals surface area contributed by atoms with Gasteiger partial charge in [-0.3, -0.25) is 4.79 Å². The molecule has 0 unspecified atom stereocenters. The number of hydrogen-bond acceptors (Lipinski definition) is 6. The summed E-state index contributed by atoms with van der Waals surface area (Å²) < 4.78 is 18.9. The Bertz CT molecular complexity index is 894. The van der Waals surface area contributed by atoms with Crippen molar-refractivity contribution in [2.24, 2.45) is 4.99 Å². The van der Waals surface area contributed by atoms with Crippen molar-refractivity contribution < 1.29 is 23.8 Å². The van der Waals surface area contributed by atoms with Crippen LogP contribution < -0.4 is 0 Å². The van der Waals surface area contributed by atoms with Gasteiger partial charge in [0.2, 0.25) is 0 Å². The fourth-order valence-corrected chi connectivity index (χ4v) is 4.07. The molecule has 0 saturated carbocycles. The van der Waals surface area contributed by atoms with Crippen molar-refractivity contribution in [1.82, 2.24) is 9.80 Å². The first-order valence-corrected chi connectivity index (χ1v) is 10.1. The number of benzene rings is 1. The van der Waals surface area contributed by atoms with Crippen LogP contribution in [0.25, 0.3) is 6.08 Å². The molecule has 3 rings (SSSR count). The topological polar surface area (TPSA) is 82.4 Å². The molecule has 29 heavy (non-hydrogen) atoms. The molecule has 156 valence electrons. The van der Waals surface area contributed by atoms with E-state index in [0.717, 1.165) is 12.1 Å². The lowest BCUT2D eigenvalue weighted by Gasteiger charge is -2.40. The first-order valence-electron chi connectivity index (χ1n) is 9.29. The van der Waals surface area contributed by atoms with E-state index in [0.29, 0.717) is 29.7 Å². The zero-order chi connectivity index (χ0) is 21.3. The molecule has 0 aliphatic carbocycles. The smallest absolute Gasteiger partial charge is 0.410 e. The van der Waals surface area contributed by atoms with Crippen LogP contribution in [0.3, 0.4) is 0 Å². The van der Waals surface area contributed by atoms with Gasteiger partial charge in [0.1, 0.15) is 17.2 Å². The van der Waals surface area contributed by atoms with Gasteiger partial charge < -0.3 is 19.6 Å². The van der Waals surface area contributed by atoms with Gasteiger partial charge >= 0.3 is 6.09 Å². The van der Waals surface area contributed by atoms with E-state index in [4.69, 9.17) is 4.74 Å². The van der Waals surface area contributed by atoms with Crippen LogP contribution in [0.5, 0.6) is 5.75 Å². The molecular formula is C20H24FN3O4S. The number of rotatable bonds is 1. The standard InChI is InChI=1S/C20H24FN3O4S/c1-12-11-23(19(27)28-20(2,3)4)7-8-24(12)18-22-17(26)16(29-18)10-13-9-14(21)5-6-15(13)25/h5-6,9-10,12,25H,7-8,11H2,1-4H3/t12-/m0/s1. The summed E-state index contributed by atoms with van der Waals surface area (Å²) in [5.41, 5.74) is -0.336. The summed E-state index contributed by atoms with van der Waals surface area (Å²) in [5.74, 6) is -1.05. The Morgan fingerprint density at radius 1 is 1.38 bits per heavy atom. The Balaban J connectivity index is 1.68. The Kier molecular flexibility index (Phi) is 5.88. The quantitative estimate of drug-likeness (QED) is 0.700. The summed E-state index contributed by atoms with van der Waals surface area (Å²) in [6.45, 7) is 8.84. The molecule has 7 nitrogen and oxygen atoms in total. The number of phenols is 1. The maximum Gasteiger partial charge on any atom is 0.410 e. The second-order valence-corrected chi connectivity index (χ2v) is 8.99. The highest BCUT2D eigenvalue weighted by Gasteiger charge is 2.34. The highest BCUT2D eigenvalue weighted by atomic mass is 32.2. The molecule has 2 aliphatic heterocycles. The minimum absolute atomic E-state index is 0.0581. The van der Waals surface area contributed by atoms with E-state index in [1.54, 1.807) is 4.90 Å². The van der Waals surface area contributed by atoms with Gasteiger partial charge in [-0.2, -0.15) is 4.99 Å². The van der Waals surface area contributed by atoms with E-state index in [2.05, 4.69) is 4.99 Å². The molecule has 1 N–H and O–H groups in total. The summed E-state index contributed by atoms with van der Waals surface area (Å²) in [5, 5.41) is 10.4. The monoisotopic (exact) mass is 421 g/mol. The molecule has 1 aromatic rings. The van der Waals surface area contributed by atoms with Gasteiger partial charge in [0.15, 0.2) is 5.17 Å². The number of ether oxygens (including phenoxy) is 1.